The highest BCUT2D eigenvalue weighted by atomic mass is 32.1. The summed E-state index contributed by atoms with van der Waals surface area (Å²) in [6, 6.07) is 36.3. The number of halogens is 1. The van der Waals surface area contributed by atoms with Crippen molar-refractivity contribution in [2.45, 2.75) is 83.0 Å². The first kappa shape index (κ1) is 61.6. The number of carbonyl (C=O) groups is 4. The van der Waals surface area contributed by atoms with E-state index < -0.39 is 30.0 Å². The molecular formula is C65H76FN5O11S. The van der Waals surface area contributed by atoms with Crippen molar-refractivity contribution in [3.05, 3.63) is 172 Å². The fraction of sp³-hybridized carbons (Fsp3) is 0.400. The summed E-state index contributed by atoms with van der Waals surface area (Å²) in [6.45, 7) is 6.50. The minimum Gasteiger partial charge on any atom is -0.508 e. The quantitative estimate of drug-likeness (QED) is 0.0220. The molecule has 1 aromatic heterocycles. The molecule has 3 amide bonds. The molecule has 440 valence electrons. The molecule has 8 rings (SSSR count). The molecule has 18 heteroatoms. The second-order valence-electron chi connectivity index (χ2n) is 20.7. The van der Waals surface area contributed by atoms with Crippen LogP contribution < -0.4 is 24.8 Å². The maximum absolute atomic E-state index is 14.8. The zero-order chi connectivity index (χ0) is 58.5. The van der Waals surface area contributed by atoms with Gasteiger partial charge in [0.15, 0.2) is 0 Å². The van der Waals surface area contributed by atoms with Crippen LogP contribution in [0.1, 0.15) is 103 Å². The Labute approximate surface area is 489 Å². The lowest BCUT2D eigenvalue weighted by atomic mass is 9.83. The van der Waals surface area contributed by atoms with E-state index >= 15 is 0 Å². The number of hydrogen-bond donors (Lipinski definition) is 3. The van der Waals surface area contributed by atoms with Crippen molar-refractivity contribution in [2.24, 2.45) is 5.92 Å². The van der Waals surface area contributed by atoms with E-state index in [1.165, 1.54) is 41.2 Å². The second-order valence-corrected chi connectivity index (χ2v) is 21.6. The second kappa shape index (κ2) is 31.3. The summed E-state index contributed by atoms with van der Waals surface area (Å²) in [5, 5.41) is 18.3. The molecular weight excluding hydrogens is 1080 g/mol. The number of likely N-dealkylation sites (tertiary alicyclic amines) is 1. The lowest BCUT2D eigenvalue weighted by Gasteiger charge is -2.35. The fourth-order valence-electron chi connectivity index (χ4n) is 10.3. The molecule has 1 unspecified atom stereocenters. The Balaban J connectivity index is 0.740. The number of allylic oxidation sites excluding steroid dienone is 1. The Morgan fingerprint density at radius 2 is 1.39 bits per heavy atom. The van der Waals surface area contributed by atoms with Gasteiger partial charge in [-0.3, -0.25) is 19.2 Å². The number of phenolic OH excluding ortho intramolecular Hbond substituents is 1. The molecule has 2 fully saturated rings. The number of carbonyl (C=O) groups excluding carboxylic acids is 4. The van der Waals surface area contributed by atoms with Gasteiger partial charge in [0, 0.05) is 30.5 Å². The third-order valence-electron chi connectivity index (χ3n) is 15.0. The summed E-state index contributed by atoms with van der Waals surface area (Å²) >= 11 is 1.28. The summed E-state index contributed by atoms with van der Waals surface area (Å²) in [7, 11) is 3.42. The van der Waals surface area contributed by atoms with Crippen molar-refractivity contribution in [1.29, 1.82) is 0 Å². The molecule has 16 nitrogen and oxygen atoms in total. The number of phenols is 1. The van der Waals surface area contributed by atoms with E-state index in [4.69, 9.17) is 33.4 Å². The number of nitrogens with zero attached hydrogens (tertiary/aromatic N) is 3. The van der Waals surface area contributed by atoms with Crippen LogP contribution in [-0.4, -0.2) is 142 Å². The number of thiazole rings is 1. The monoisotopic (exact) mass is 1150 g/mol. The normalized spacial score (nSPS) is 16.4. The Morgan fingerprint density at radius 1 is 0.747 bits per heavy atom. The highest BCUT2D eigenvalue weighted by molar-refractivity contribution is 7.10. The summed E-state index contributed by atoms with van der Waals surface area (Å²) in [5.41, 5.74) is 5.96. The molecule has 6 aromatic rings. The molecule has 2 aliphatic rings. The van der Waals surface area contributed by atoms with Crippen molar-refractivity contribution in [2.75, 3.05) is 80.0 Å². The van der Waals surface area contributed by atoms with Crippen LogP contribution in [0.25, 0.3) is 11.1 Å². The Hall–Kier alpha value is -7.48. The van der Waals surface area contributed by atoms with Gasteiger partial charge in [-0.1, -0.05) is 86.8 Å². The molecule has 0 spiro atoms. The van der Waals surface area contributed by atoms with Gasteiger partial charge in [0.05, 0.1) is 58.2 Å². The van der Waals surface area contributed by atoms with Crippen LogP contribution in [0.2, 0.25) is 0 Å². The number of benzene rings is 5. The van der Waals surface area contributed by atoms with Gasteiger partial charge in [0.1, 0.15) is 71.5 Å². The standard InChI is InChI=1S/C65H76FN5O11S/c1-5-56(45-13-8-6-9-14-45)60(46-21-27-51(72)28-22-46)47-23-29-52(30-24-47)80-32-31-70(4)59(73)42-79-36-35-77-33-34-78-37-38-81-53-17-12-18-54(39-53)82-55-40-58(64-68-57(43-83-64)62(74)49-19-25-50(66)26-20-49)71(41-55)65(76)61(48-15-10-7-11-16-48)69-63(75)44(2)67-3/h6,8-9,12-14,17-30,39,43-44,48,55,58,61,67,72H,5,7,10-11,15-16,31-38,40-42H2,1-4H3,(H,69,75)/b60-56-/t44-,55?,58-,61-/m0/s1. The minimum absolute atomic E-state index is 0.0337. The number of ether oxygens (including phenoxy) is 6. The number of aromatic nitrogens is 1. The van der Waals surface area contributed by atoms with Gasteiger partial charge >= 0.3 is 0 Å². The molecule has 0 radical (unpaired) electrons. The van der Waals surface area contributed by atoms with Gasteiger partial charge in [-0.2, -0.15) is 0 Å². The molecule has 1 saturated carbocycles. The third kappa shape index (κ3) is 17.5. The lowest BCUT2D eigenvalue weighted by Crippen LogP contribution is -2.55. The van der Waals surface area contributed by atoms with Crippen molar-refractivity contribution in [3.63, 3.8) is 0 Å². The van der Waals surface area contributed by atoms with Crippen molar-refractivity contribution >= 4 is 46.0 Å². The summed E-state index contributed by atoms with van der Waals surface area (Å²) in [4.78, 5) is 62.4. The molecule has 1 aliphatic carbocycles. The zero-order valence-corrected chi connectivity index (χ0v) is 48.6. The van der Waals surface area contributed by atoms with E-state index in [9.17, 15) is 28.7 Å². The van der Waals surface area contributed by atoms with E-state index in [1.54, 1.807) is 54.4 Å². The van der Waals surface area contributed by atoms with Crippen molar-refractivity contribution in [1.82, 2.24) is 25.4 Å². The highest BCUT2D eigenvalue weighted by Crippen LogP contribution is 2.39. The predicted octanol–water partition coefficient (Wildman–Crippen LogP) is 9.95. The predicted molar refractivity (Wildman–Crippen MR) is 317 cm³/mol. The number of likely N-dealkylation sites (N-methyl/N-ethyl adjacent to an activating group) is 2. The van der Waals surface area contributed by atoms with Gasteiger partial charge in [-0.05, 0) is 128 Å². The first-order valence-corrected chi connectivity index (χ1v) is 29.5. The fourth-order valence-corrected chi connectivity index (χ4v) is 11.2. The maximum Gasteiger partial charge on any atom is 0.248 e. The van der Waals surface area contributed by atoms with Gasteiger partial charge in [-0.25, -0.2) is 9.37 Å². The lowest BCUT2D eigenvalue weighted by molar-refractivity contribution is -0.139. The van der Waals surface area contributed by atoms with Crippen LogP contribution in [-0.2, 0) is 28.6 Å². The Bertz CT molecular complexity index is 3060. The van der Waals surface area contributed by atoms with Gasteiger partial charge in [0.25, 0.3) is 0 Å². The van der Waals surface area contributed by atoms with E-state index in [1.807, 2.05) is 72.8 Å². The largest absolute Gasteiger partial charge is 0.508 e. The van der Waals surface area contributed by atoms with Gasteiger partial charge in [-0.15, -0.1) is 11.3 Å². The van der Waals surface area contributed by atoms with E-state index in [0.29, 0.717) is 73.8 Å². The van der Waals surface area contributed by atoms with Crippen LogP contribution >= 0.6 is 11.3 Å². The number of amides is 3. The average Bonchev–Trinajstić information content (AvgIpc) is 4.39. The molecule has 4 atom stereocenters. The van der Waals surface area contributed by atoms with Gasteiger partial charge < -0.3 is 54.0 Å². The minimum atomic E-state index is -0.746. The molecule has 3 N–H and O–H groups in total. The third-order valence-corrected chi connectivity index (χ3v) is 15.9. The van der Waals surface area contributed by atoms with E-state index in [-0.39, 0.29) is 67.2 Å². The van der Waals surface area contributed by atoms with Gasteiger partial charge in [0.2, 0.25) is 23.5 Å². The first-order valence-electron chi connectivity index (χ1n) is 28.6. The average molecular weight is 1150 g/mol. The molecule has 2 heterocycles. The number of rotatable bonds is 30. The number of aromatic hydroxyl groups is 1. The molecule has 0 bridgehead atoms. The first-order chi connectivity index (χ1) is 40.4. The SMILES string of the molecule is CC/C(=C(\c1ccc(O)cc1)c1ccc(OCCN(C)C(=O)COCCOCCOCCOc2cccc(OC3C[C@@H](c4nc(C(=O)c5ccc(F)cc5)cs4)N(C(=O)[C@@H](NC(=O)[C@H](C)NC)C4CCCCC4)C3)c2)cc1)c1ccccc1. The Kier molecular flexibility index (Phi) is 23.2. The topological polar surface area (TPSA) is 187 Å². The van der Waals surface area contributed by atoms with Crippen LogP contribution in [0.15, 0.2) is 133 Å². The van der Waals surface area contributed by atoms with Crippen LogP contribution in [0.4, 0.5) is 4.39 Å². The number of ketones is 1. The van der Waals surface area contributed by atoms with E-state index in [2.05, 4.69) is 29.7 Å². The molecule has 5 aromatic carbocycles. The number of nitrogens with one attached hydrogen (secondary N) is 2. The smallest absolute Gasteiger partial charge is 0.248 e. The zero-order valence-electron chi connectivity index (χ0n) is 47.8. The summed E-state index contributed by atoms with van der Waals surface area (Å²) < 4.78 is 49.2. The van der Waals surface area contributed by atoms with Crippen LogP contribution in [0, 0.1) is 11.7 Å². The Morgan fingerprint density at radius 3 is 2.07 bits per heavy atom. The molecule has 83 heavy (non-hydrogen) atoms. The molecule has 1 aliphatic heterocycles. The van der Waals surface area contributed by atoms with Crippen LogP contribution in [0.5, 0.6) is 23.0 Å². The number of hydrogen-bond acceptors (Lipinski definition) is 14. The van der Waals surface area contributed by atoms with Crippen LogP contribution in [0.3, 0.4) is 0 Å². The van der Waals surface area contributed by atoms with E-state index in [0.717, 1.165) is 60.8 Å². The van der Waals surface area contributed by atoms with Crippen molar-refractivity contribution in [3.8, 4) is 23.0 Å². The summed E-state index contributed by atoms with van der Waals surface area (Å²) in [6.07, 6.45) is 5.42. The summed E-state index contributed by atoms with van der Waals surface area (Å²) in [5.74, 6) is 0.550. The van der Waals surface area contributed by atoms with Crippen molar-refractivity contribution < 1.29 is 57.1 Å². The maximum atomic E-state index is 14.8. The highest BCUT2D eigenvalue weighted by Gasteiger charge is 2.44. The molecule has 1 saturated heterocycles.